The van der Waals surface area contributed by atoms with E-state index in [1.165, 1.54) is 11.2 Å². The molecule has 6 heteroatoms. The highest BCUT2D eigenvalue weighted by atomic mass is 32.1. The van der Waals surface area contributed by atoms with Crippen LogP contribution in [-0.4, -0.2) is 28.5 Å². The second kappa shape index (κ2) is 4.00. The zero-order valence-corrected chi connectivity index (χ0v) is 11.1. The van der Waals surface area contributed by atoms with Crippen LogP contribution < -0.4 is 10.6 Å². The average Bonchev–Trinajstić information content (AvgIpc) is 2.80. The van der Waals surface area contributed by atoms with Crippen molar-refractivity contribution in [2.75, 3.05) is 11.4 Å². The van der Waals surface area contributed by atoms with Crippen LogP contribution in [0.2, 0.25) is 0 Å². The van der Waals surface area contributed by atoms with Crippen molar-refractivity contribution in [1.29, 1.82) is 0 Å². The molecule has 0 aromatic carbocycles. The average molecular weight is 262 g/mol. The van der Waals surface area contributed by atoms with Crippen LogP contribution in [0.25, 0.3) is 10.2 Å². The molecule has 2 aromatic heterocycles. The minimum absolute atomic E-state index is 0.0470. The molecule has 1 unspecified atom stereocenters. The fraction of sp³-hybridized carbons (Fsp3) is 0.417. The van der Waals surface area contributed by atoms with E-state index in [2.05, 4.69) is 16.9 Å². The van der Waals surface area contributed by atoms with Crippen molar-refractivity contribution in [2.45, 2.75) is 26.3 Å². The van der Waals surface area contributed by atoms with Gasteiger partial charge in [-0.1, -0.05) is 0 Å². The summed E-state index contributed by atoms with van der Waals surface area (Å²) >= 11 is 1.63. The van der Waals surface area contributed by atoms with Gasteiger partial charge in [-0.25, -0.2) is 9.97 Å². The van der Waals surface area contributed by atoms with Crippen molar-refractivity contribution < 1.29 is 4.79 Å². The summed E-state index contributed by atoms with van der Waals surface area (Å²) in [5.74, 6) is 0.755. The van der Waals surface area contributed by atoms with Gasteiger partial charge in [0.2, 0.25) is 5.91 Å². The monoisotopic (exact) mass is 262 g/mol. The number of thiophene rings is 1. The van der Waals surface area contributed by atoms with E-state index in [0.717, 1.165) is 15.8 Å². The van der Waals surface area contributed by atoms with Gasteiger partial charge in [0.05, 0.1) is 5.39 Å². The minimum atomic E-state index is -0.0949. The number of rotatable bonds is 1. The highest BCUT2D eigenvalue weighted by Crippen LogP contribution is 2.35. The Morgan fingerprint density at radius 1 is 1.44 bits per heavy atom. The summed E-state index contributed by atoms with van der Waals surface area (Å²) in [6.07, 6.45) is 1.91. The van der Waals surface area contributed by atoms with E-state index < -0.39 is 0 Å². The number of aryl methyl sites for hydroxylation is 2. The highest BCUT2D eigenvalue weighted by Gasteiger charge is 2.31. The Labute approximate surface area is 109 Å². The summed E-state index contributed by atoms with van der Waals surface area (Å²) in [4.78, 5) is 24.3. The summed E-state index contributed by atoms with van der Waals surface area (Å²) in [7, 11) is 0. The van der Waals surface area contributed by atoms with Crippen LogP contribution >= 0.6 is 11.3 Å². The molecule has 1 aliphatic heterocycles. The number of aromatic nitrogens is 2. The van der Waals surface area contributed by atoms with Gasteiger partial charge >= 0.3 is 0 Å². The Hall–Kier alpha value is -1.53. The molecule has 1 saturated heterocycles. The molecule has 1 atom stereocenters. The lowest BCUT2D eigenvalue weighted by molar-refractivity contribution is -0.117. The Morgan fingerprint density at radius 3 is 2.89 bits per heavy atom. The van der Waals surface area contributed by atoms with E-state index in [4.69, 9.17) is 5.73 Å². The Morgan fingerprint density at radius 2 is 2.22 bits per heavy atom. The third kappa shape index (κ3) is 1.60. The zero-order chi connectivity index (χ0) is 12.9. The SMILES string of the molecule is Cc1sc2ncnc(N3CC(N)CC3=O)c2c1C. The third-order valence-electron chi connectivity index (χ3n) is 3.36. The van der Waals surface area contributed by atoms with Crippen LogP contribution in [0.3, 0.4) is 0 Å². The number of carbonyl (C=O) groups excluding carboxylic acids is 1. The predicted molar refractivity (Wildman–Crippen MR) is 71.8 cm³/mol. The van der Waals surface area contributed by atoms with Gasteiger partial charge in [0, 0.05) is 23.9 Å². The maximum absolute atomic E-state index is 11.9. The van der Waals surface area contributed by atoms with E-state index >= 15 is 0 Å². The molecule has 0 saturated carbocycles. The van der Waals surface area contributed by atoms with Crippen LogP contribution in [0.5, 0.6) is 0 Å². The fourth-order valence-corrected chi connectivity index (χ4v) is 3.30. The number of carbonyl (C=O) groups is 1. The second-order valence-corrected chi connectivity index (χ2v) is 5.83. The van der Waals surface area contributed by atoms with Gasteiger partial charge in [-0.05, 0) is 19.4 Å². The molecule has 5 nitrogen and oxygen atoms in total. The molecule has 2 N–H and O–H groups in total. The van der Waals surface area contributed by atoms with Gasteiger partial charge in [0.25, 0.3) is 0 Å². The van der Waals surface area contributed by atoms with Gasteiger partial charge in [0.1, 0.15) is 17.0 Å². The maximum atomic E-state index is 11.9. The molecule has 0 spiro atoms. The molecule has 1 amide bonds. The fourth-order valence-electron chi connectivity index (χ4n) is 2.31. The molecular formula is C12H14N4OS. The molecule has 0 aliphatic carbocycles. The largest absolute Gasteiger partial charge is 0.326 e. The quantitative estimate of drug-likeness (QED) is 0.842. The van der Waals surface area contributed by atoms with Crippen LogP contribution in [0.15, 0.2) is 6.33 Å². The smallest absolute Gasteiger partial charge is 0.229 e. The summed E-state index contributed by atoms with van der Waals surface area (Å²) in [6.45, 7) is 4.64. The standard InChI is InChI=1S/C12H14N4OS/c1-6-7(2)18-12-10(6)11(14-5-15-12)16-4-8(13)3-9(16)17/h5,8H,3-4,13H2,1-2H3. The first kappa shape index (κ1) is 11.6. The lowest BCUT2D eigenvalue weighted by atomic mass is 10.2. The molecule has 1 aliphatic rings. The third-order valence-corrected chi connectivity index (χ3v) is 4.47. The Kier molecular flexibility index (Phi) is 2.57. The van der Waals surface area contributed by atoms with Crippen LogP contribution in [0, 0.1) is 13.8 Å². The summed E-state index contributed by atoms with van der Waals surface area (Å²) in [5.41, 5.74) is 6.99. The van der Waals surface area contributed by atoms with Gasteiger partial charge in [-0.3, -0.25) is 9.69 Å². The highest BCUT2D eigenvalue weighted by molar-refractivity contribution is 7.18. The molecule has 94 valence electrons. The molecule has 0 bridgehead atoms. The summed E-state index contributed by atoms with van der Waals surface area (Å²) in [5, 5.41) is 0.988. The molecule has 3 rings (SSSR count). The van der Waals surface area contributed by atoms with E-state index in [9.17, 15) is 4.79 Å². The van der Waals surface area contributed by atoms with Gasteiger partial charge in [-0.15, -0.1) is 11.3 Å². The van der Waals surface area contributed by atoms with Crippen LogP contribution in [-0.2, 0) is 4.79 Å². The van der Waals surface area contributed by atoms with Gasteiger partial charge in [-0.2, -0.15) is 0 Å². The number of anilines is 1. The molecule has 0 radical (unpaired) electrons. The van der Waals surface area contributed by atoms with Gasteiger partial charge in [0.15, 0.2) is 0 Å². The normalized spacial score (nSPS) is 20.1. The van der Waals surface area contributed by atoms with E-state index in [-0.39, 0.29) is 11.9 Å². The first-order valence-corrected chi connectivity index (χ1v) is 6.66. The molecule has 1 fully saturated rings. The Balaban J connectivity index is 2.20. The van der Waals surface area contributed by atoms with Crippen molar-refractivity contribution >= 4 is 33.3 Å². The van der Waals surface area contributed by atoms with E-state index in [1.807, 2.05) is 6.92 Å². The molecule has 2 aromatic rings. The zero-order valence-electron chi connectivity index (χ0n) is 10.3. The topological polar surface area (TPSA) is 72.1 Å². The number of nitrogens with two attached hydrogens (primary N) is 1. The summed E-state index contributed by atoms with van der Waals surface area (Å²) in [6, 6.07) is -0.0949. The van der Waals surface area contributed by atoms with Crippen molar-refractivity contribution in [3.05, 3.63) is 16.8 Å². The lowest BCUT2D eigenvalue weighted by Gasteiger charge is -2.15. The molecule has 18 heavy (non-hydrogen) atoms. The number of hydrogen-bond donors (Lipinski definition) is 1. The van der Waals surface area contributed by atoms with E-state index in [1.54, 1.807) is 16.2 Å². The second-order valence-electron chi connectivity index (χ2n) is 4.63. The number of nitrogens with zero attached hydrogens (tertiary/aromatic N) is 3. The van der Waals surface area contributed by atoms with Crippen molar-refractivity contribution in [3.63, 3.8) is 0 Å². The molecular weight excluding hydrogens is 248 g/mol. The van der Waals surface area contributed by atoms with E-state index in [0.29, 0.717) is 18.8 Å². The lowest BCUT2D eigenvalue weighted by Crippen LogP contribution is -2.28. The predicted octanol–water partition coefficient (Wildman–Crippen LogP) is 1.37. The number of amides is 1. The molecule has 3 heterocycles. The Bertz CT molecular complexity index is 636. The van der Waals surface area contributed by atoms with Crippen molar-refractivity contribution in [1.82, 2.24) is 9.97 Å². The summed E-state index contributed by atoms with van der Waals surface area (Å²) < 4.78 is 0. The van der Waals surface area contributed by atoms with Crippen LogP contribution in [0.1, 0.15) is 16.9 Å². The van der Waals surface area contributed by atoms with Crippen LogP contribution in [0.4, 0.5) is 5.82 Å². The van der Waals surface area contributed by atoms with Crippen molar-refractivity contribution in [2.24, 2.45) is 5.73 Å². The first-order chi connectivity index (χ1) is 8.58. The van der Waals surface area contributed by atoms with Gasteiger partial charge < -0.3 is 5.73 Å². The minimum Gasteiger partial charge on any atom is -0.326 e. The number of fused-ring (bicyclic) bond motifs is 1. The number of hydrogen-bond acceptors (Lipinski definition) is 5. The maximum Gasteiger partial charge on any atom is 0.229 e. The first-order valence-electron chi connectivity index (χ1n) is 5.84. The van der Waals surface area contributed by atoms with Crippen molar-refractivity contribution in [3.8, 4) is 0 Å².